The molecule has 2 nitrogen and oxygen atoms in total. The molecule has 0 atom stereocenters. The fraction of sp³-hybridized carbons (Fsp3) is 0.500. The zero-order valence-electron chi connectivity index (χ0n) is 2.99. The first-order valence-electron chi connectivity index (χ1n) is 1.24. The van der Waals surface area contributed by atoms with Gasteiger partial charge in [0, 0.05) is 0 Å². The third-order valence-electron chi connectivity index (χ3n) is 0.243. The van der Waals surface area contributed by atoms with E-state index in [-0.39, 0.29) is 18.9 Å². The molecule has 0 aliphatic carbocycles. The predicted octanol–water partition coefficient (Wildman–Crippen LogP) is 1.26. The Kier molecular flexibility index (Phi) is 6.63. The van der Waals surface area contributed by atoms with Crippen LogP contribution in [0.25, 0.3) is 0 Å². The molecule has 0 amide bonds. The molecule has 0 saturated carbocycles. The number of carboxylic acids is 1. The Hall–Kier alpha value is 1.51. The summed E-state index contributed by atoms with van der Waals surface area (Å²) in [5.41, 5.74) is 0. The van der Waals surface area contributed by atoms with Gasteiger partial charge in [0.2, 0.25) is 2.14 Å². The average molecular weight is 305 g/mol. The van der Waals surface area contributed by atoms with E-state index in [9.17, 15) is 4.79 Å². The Morgan fingerprint density at radius 3 is 1.50 bits per heavy atom. The van der Waals surface area contributed by atoms with E-state index in [2.05, 4.69) is 47.8 Å². The third kappa shape index (κ3) is 5.64. The van der Waals surface area contributed by atoms with Crippen molar-refractivity contribution < 1.29 is 9.90 Å². The molecule has 0 radical (unpaired) electrons. The van der Waals surface area contributed by atoms with Crippen LogP contribution in [0.15, 0.2) is 0 Å². The monoisotopic (exact) mass is 302 g/mol. The van der Waals surface area contributed by atoms with Crippen molar-refractivity contribution in [3.05, 3.63) is 0 Å². The van der Waals surface area contributed by atoms with Crippen LogP contribution in [-0.4, -0.2) is 32.1 Å². The Labute approximate surface area is 84.0 Å². The molecular weight excluding hydrogens is 303 g/mol. The molecule has 0 aromatic carbocycles. The predicted molar refractivity (Wildman–Crippen MR) is 44.3 cm³/mol. The van der Waals surface area contributed by atoms with E-state index in [0.29, 0.717) is 0 Å². The van der Waals surface area contributed by atoms with Gasteiger partial charge in [-0.3, -0.25) is 0 Å². The molecule has 6 heteroatoms. The summed E-state index contributed by atoms with van der Waals surface area (Å²) in [4.78, 5) is 9.88. The Morgan fingerprint density at radius 1 is 1.38 bits per heavy atom. The van der Waals surface area contributed by atoms with Crippen molar-refractivity contribution in [3.8, 4) is 0 Å². The van der Waals surface area contributed by atoms with Crippen LogP contribution in [0.2, 0.25) is 0 Å². The van der Waals surface area contributed by atoms with E-state index in [1.165, 1.54) is 0 Å². The normalized spacial score (nSPS) is 9.88. The van der Waals surface area contributed by atoms with Gasteiger partial charge in [0.05, 0.1) is 0 Å². The van der Waals surface area contributed by atoms with E-state index in [0.717, 1.165) is 0 Å². The van der Waals surface area contributed by atoms with Crippen LogP contribution >= 0.6 is 47.8 Å². The molecule has 0 unspecified atom stereocenters. The number of alkyl halides is 3. The molecule has 0 aromatic rings. The number of carboxylic acid groups (broad SMARTS) is 1. The van der Waals surface area contributed by atoms with E-state index in [4.69, 9.17) is 5.11 Å². The number of carbonyl (C=O) groups is 1. The average Bonchev–Trinajstić information content (AvgIpc) is 1.31. The summed E-state index contributed by atoms with van der Waals surface area (Å²) in [5.74, 6) is -1.01. The van der Waals surface area contributed by atoms with E-state index >= 15 is 0 Å². The minimum absolute atomic E-state index is 0. The first-order chi connectivity index (χ1) is 2.94. The number of halogens is 3. The van der Waals surface area contributed by atoms with Gasteiger partial charge in [0.15, 0.2) is 0 Å². The quantitative estimate of drug-likeness (QED) is 0.540. The molecule has 0 heterocycles. The molecule has 0 rings (SSSR count). The van der Waals surface area contributed by atoms with E-state index in [1.54, 1.807) is 0 Å². The van der Waals surface area contributed by atoms with Crippen LogP contribution in [0.1, 0.15) is 0 Å². The van der Waals surface area contributed by atoms with Gasteiger partial charge in [0.1, 0.15) is 0 Å². The number of hydrogen-bond donors (Lipinski definition) is 1. The van der Waals surface area contributed by atoms with Gasteiger partial charge in [-0.15, -0.1) is 0 Å². The van der Waals surface area contributed by atoms with Crippen LogP contribution < -0.4 is 0 Å². The fourth-order valence-corrected chi connectivity index (χ4v) is 0. The molecular formula is C2H2Br3LiO2. The SMILES string of the molecule is O=C(O)C(Br)(Br)Br.[LiH]. The summed E-state index contributed by atoms with van der Waals surface area (Å²) >= 11 is 8.33. The van der Waals surface area contributed by atoms with Crippen molar-refractivity contribution in [3.63, 3.8) is 0 Å². The minimum atomic E-state index is -1.15. The van der Waals surface area contributed by atoms with Crippen LogP contribution in [0.3, 0.4) is 0 Å². The molecule has 0 aliphatic heterocycles. The van der Waals surface area contributed by atoms with E-state index in [1.807, 2.05) is 0 Å². The summed E-state index contributed by atoms with van der Waals surface area (Å²) in [6.45, 7) is 0. The molecule has 1 N–H and O–H groups in total. The topological polar surface area (TPSA) is 37.3 Å². The van der Waals surface area contributed by atoms with Crippen molar-refractivity contribution in [2.75, 3.05) is 0 Å². The molecule has 0 aromatic heterocycles. The molecule has 0 aliphatic rings. The van der Waals surface area contributed by atoms with Crippen molar-refractivity contribution in [1.82, 2.24) is 0 Å². The van der Waals surface area contributed by atoms with Crippen molar-refractivity contribution in [1.29, 1.82) is 0 Å². The van der Waals surface area contributed by atoms with Crippen LogP contribution in [0.4, 0.5) is 0 Å². The number of hydrogen-bond acceptors (Lipinski definition) is 1. The number of aliphatic carboxylic acids is 1. The molecule has 0 bridgehead atoms. The first kappa shape index (κ1) is 12.2. The van der Waals surface area contributed by atoms with Crippen LogP contribution in [-0.2, 0) is 4.79 Å². The Bertz CT molecular complexity index is 87.8. The molecule has 0 fully saturated rings. The standard InChI is InChI=1S/C2HBr3O2.Li.H/c3-2(4,5)1(6)7;;/h(H,6,7);;. The second kappa shape index (κ2) is 4.34. The van der Waals surface area contributed by atoms with Crippen molar-refractivity contribution in [2.45, 2.75) is 2.14 Å². The van der Waals surface area contributed by atoms with Gasteiger partial charge in [-0.25, -0.2) is 4.79 Å². The second-order valence-electron chi connectivity index (χ2n) is 0.803. The molecule has 0 spiro atoms. The van der Waals surface area contributed by atoms with Crippen LogP contribution in [0.5, 0.6) is 0 Å². The van der Waals surface area contributed by atoms with E-state index < -0.39 is 8.11 Å². The second-order valence-corrected chi connectivity index (χ2v) is 7.56. The summed E-state index contributed by atoms with van der Waals surface area (Å²) in [6, 6.07) is 0. The molecule has 8 heavy (non-hydrogen) atoms. The van der Waals surface area contributed by atoms with Gasteiger partial charge >= 0.3 is 24.8 Å². The van der Waals surface area contributed by atoms with Crippen molar-refractivity contribution >= 4 is 72.6 Å². The third-order valence-corrected chi connectivity index (χ3v) is 1.26. The summed E-state index contributed by atoms with van der Waals surface area (Å²) in [6.07, 6.45) is 0. The Balaban J connectivity index is 0. The fourth-order valence-electron chi connectivity index (χ4n) is 0. The van der Waals surface area contributed by atoms with Gasteiger partial charge in [-0.2, -0.15) is 0 Å². The number of rotatable bonds is 0. The van der Waals surface area contributed by atoms with Gasteiger partial charge in [-0.1, -0.05) is 0 Å². The van der Waals surface area contributed by atoms with Gasteiger partial charge in [0.25, 0.3) is 0 Å². The van der Waals surface area contributed by atoms with Gasteiger partial charge in [-0.05, 0) is 47.8 Å². The zero-order valence-corrected chi connectivity index (χ0v) is 7.75. The molecule has 0 saturated heterocycles. The maximum absolute atomic E-state index is 9.88. The van der Waals surface area contributed by atoms with Crippen molar-refractivity contribution in [2.24, 2.45) is 0 Å². The maximum atomic E-state index is 9.88. The molecule has 44 valence electrons. The first-order valence-corrected chi connectivity index (χ1v) is 3.62. The summed E-state index contributed by atoms with van der Waals surface area (Å²) in [5, 5.41) is 8.11. The Morgan fingerprint density at radius 2 is 1.50 bits per heavy atom. The van der Waals surface area contributed by atoms with Gasteiger partial charge < -0.3 is 5.11 Å². The summed E-state index contributed by atoms with van der Waals surface area (Å²) < 4.78 is -1.15. The summed E-state index contributed by atoms with van der Waals surface area (Å²) in [7, 11) is 0. The zero-order chi connectivity index (χ0) is 6.08. The van der Waals surface area contributed by atoms with Crippen LogP contribution in [0, 0.1) is 0 Å².